The van der Waals surface area contributed by atoms with Crippen LogP contribution in [-0.2, 0) is 19.1 Å². The topological polar surface area (TPSA) is 102 Å². The van der Waals surface area contributed by atoms with E-state index < -0.39 is 24.4 Å². The molecule has 152 valence electrons. The lowest BCUT2D eigenvalue weighted by molar-refractivity contribution is -0.147. The lowest BCUT2D eigenvalue weighted by atomic mass is 10.1. The summed E-state index contributed by atoms with van der Waals surface area (Å²) in [7, 11) is 0. The molecule has 2 amide bonds. The molecule has 7 nitrogen and oxygen atoms in total. The molecule has 2 N–H and O–H groups in total. The first-order valence-electron chi connectivity index (χ1n) is 8.87. The van der Waals surface area contributed by atoms with E-state index in [0.29, 0.717) is 16.9 Å². The number of carbonyl (C=O) groups excluding carboxylic acids is 4. The normalized spacial score (nSPS) is 10.2. The Labute approximate surface area is 176 Å². The number of hydrogen-bond acceptors (Lipinski definition) is 5. The molecule has 29 heavy (non-hydrogen) atoms. The molecule has 0 radical (unpaired) electrons. The first kappa shape index (κ1) is 22.3. The molecule has 0 aromatic heterocycles. The highest BCUT2D eigenvalue weighted by molar-refractivity contribution is 9.10. The minimum absolute atomic E-state index is 0.101. The number of halogens is 1. The molecule has 2 aromatic rings. The van der Waals surface area contributed by atoms with Crippen LogP contribution in [0.5, 0.6) is 0 Å². The fourth-order valence-corrected chi connectivity index (χ4v) is 2.90. The zero-order valence-corrected chi connectivity index (χ0v) is 17.7. The Bertz CT molecular complexity index is 942. The highest BCUT2D eigenvalue weighted by atomic mass is 79.9. The van der Waals surface area contributed by atoms with Crippen LogP contribution < -0.4 is 10.6 Å². The van der Waals surface area contributed by atoms with Crippen molar-refractivity contribution >= 4 is 50.9 Å². The van der Waals surface area contributed by atoms with Crippen molar-refractivity contribution < 1.29 is 23.9 Å². The lowest BCUT2D eigenvalue weighted by Crippen LogP contribution is -2.22. The van der Waals surface area contributed by atoms with E-state index in [1.807, 2.05) is 13.0 Å². The van der Waals surface area contributed by atoms with Gasteiger partial charge in [-0.15, -0.1) is 0 Å². The summed E-state index contributed by atoms with van der Waals surface area (Å²) in [6.45, 7) is 2.85. The third-order valence-corrected chi connectivity index (χ3v) is 4.43. The number of ether oxygens (including phenoxy) is 1. The Morgan fingerprint density at radius 3 is 2.41 bits per heavy atom. The van der Waals surface area contributed by atoms with Crippen molar-refractivity contribution in [3.8, 4) is 0 Å². The monoisotopic (exact) mass is 460 g/mol. The van der Waals surface area contributed by atoms with Crippen LogP contribution in [0.2, 0.25) is 0 Å². The molecule has 0 aliphatic carbocycles. The average Bonchev–Trinajstić information content (AvgIpc) is 2.67. The van der Waals surface area contributed by atoms with E-state index in [4.69, 9.17) is 4.74 Å². The van der Waals surface area contributed by atoms with E-state index in [9.17, 15) is 19.2 Å². The quantitative estimate of drug-likeness (QED) is 0.459. The molecule has 8 heteroatoms. The number of amides is 2. The van der Waals surface area contributed by atoms with Crippen molar-refractivity contribution in [3.05, 3.63) is 58.1 Å². The van der Waals surface area contributed by atoms with Gasteiger partial charge in [-0.3, -0.25) is 19.2 Å². The summed E-state index contributed by atoms with van der Waals surface area (Å²) < 4.78 is 5.80. The number of ketones is 1. The highest BCUT2D eigenvalue weighted by Crippen LogP contribution is 2.20. The fourth-order valence-electron chi connectivity index (χ4n) is 2.43. The van der Waals surface area contributed by atoms with Gasteiger partial charge in [0.15, 0.2) is 12.4 Å². The summed E-state index contributed by atoms with van der Waals surface area (Å²) in [5, 5.41) is 5.28. The summed E-state index contributed by atoms with van der Waals surface area (Å²) in [5.74, 6) is -1.62. The molecule has 0 fully saturated rings. The van der Waals surface area contributed by atoms with Crippen LogP contribution in [0, 0.1) is 6.92 Å². The Morgan fingerprint density at radius 2 is 1.72 bits per heavy atom. The van der Waals surface area contributed by atoms with Gasteiger partial charge in [0, 0.05) is 27.8 Å². The summed E-state index contributed by atoms with van der Waals surface area (Å²) in [5.41, 5.74) is 2.44. The number of esters is 1. The second-order valence-electron chi connectivity index (χ2n) is 6.35. The van der Waals surface area contributed by atoms with Gasteiger partial charge in [0.1, 0.15) is 0 Å². The SMILES string of the molecule is CC(=O)c1cccc(NC(=O)CCC(=O)OCC(=O)Nc2ccc(Br)cc2C)c1. The van der Waals surface area contributed by atoms with E-state index in [2.05, 4.69) is 26.6 Å². The van der Waals surface area contributed by atoms with E-state index >= 15 is 0 Å². The summed E-state index contributed by atoms with van der Waals surface area (Å²) >= 11 is 3.34. The van der Waals surface area contributed by atoms with E-state index in [1.54, 1.807) is 36.4 Å². The minimum Gasteiger partial charge on any atom is -0.456 e. The number of carbonyl (C=O) groups is 4. The maximum atomic E-state index is 12.0. The Morgan fingerprint density at radius 1 is 0.966 bits per heavy atom. The number of rotatable bonds is 8. The van der Waals surface area contributed by atoms with Crippen molar-refractivity contribution in [3.63, 3.8) is 0 Å². The van der Waals surface area contributed by atoms with Crippen LogP contribution in [0.25, 0.3) is 0 Å². The smallest absolute Gasteiger partial charge is 0.306 e. The highest BCUT2D eigenvalue weighted by Gasteiger charge is 2.12. The van der Waals surface area contributed by atoms with Gasteiger partial charge in [0.25, 0.3) is 5.91 Å². The van der Waals surface area contributed by atoms with Gasteiger partial charge in [0.05, 0.1) is 6.42 Å². The van der Waals surface area contributed by atoms with Gasteiger partial charge in [-0.05, 0) is 49.7 Å². The second kappa shape index (κ2) is 10.5. The van der Waals surface area contributed by atoms with Gasteiger partial charge in [-0.2, -0.15) is 0 Å². The van der Waals surface area contributed by atoms with Crippen LogP contribution in [-0.4, -0.2) is 30.2 Å². The molecule has 0 saturated heterocycles. The molecular weight excluding hydrogens is 440 g/mol. The first-order valence-corrected chi connectivity index (χ1v) is 9.66. The molecule has 0 unspecified atom stereocenters. The van der Waals surface area contributed by atoms with Crippen molar-refractivity contribution in [1.29, 1.82) is 0 Å². The van der Waals surface area contributed by atoms with Crippen LogP contribution in [0.3, 0.4) is 0 Å². The number of hydrogen-bond donors (Lipinski definition) is 2. The van der Waals surface area contributed by atoms with Crippen LogP contribution >= 0.6 is 15.9 Å². The van der Waals surface area contributed by atoms with E-state index in [1.165, 1.54) is 6.92 Å². The number of benzene rings is 2. The predicted octanol–water partition coefficient (Wildman–Crippen LogP) is 3.86. The molecule has 0 heterocycles. The number of anilines is 2. The van der Waals surface area contributed by atoms with Crippen molar-refractivity contribution in [2.45, 2.75) is 26.7 Å². The largest absolute Gasteiger partial charge is 0.456 e. The number of aryl methyl sites for hydroxylation is 1. The van der Waals surface area contributed by atoms with Crippen LogP contribution in [0.15, 0.2) is 46.9 Å². The fraction of sp³-hybridized carbons (Fsp3) is 0.238. The Kier molecular flexibility index (Phi) is 8.09. The van der Waals surface area contributed by atoms with Crippen molar-refractivity contribution in [2.75, 3.05) is 17.2 Å². The minimum atomic E-state index is -0.652. The molecule has 2 rings (SSSR count). The van der Waals surface area contributed by atoms with Gasteiger partial charge in [0.2, 0.25) is 5.91 Å². The molecule has 0 aliphatic heterocycles. The predicted molar refractivity (Wildman–Crippen MR) is 113 cm³/mol. The maximum Gasteiger partial charge on any atom is 0.306 e. The van der Waals surface area contributed by atoms with Gasteiger partial charge in [-0.1, -0.05) is 28.1 Å². The molecule has 0 bridgehead atoms. The molecule has 0 spiro atoms. The lowest BCUT2D eigenvalue weighted by Gasteiger charge is -2.09. The summed E-state index contributed by atoms with van der Waals surface area (Å²) in [6, 6.07) is 11.9. The van der Waals surface area contributed by atoms with Gasteiger partial charge < -0.3 is 15.4 Å². The molecule has 2 aromatic carbocycles. The van der Waals surface area contributed by atoms with E-state index in [-0.39, 0.29) is 18.6 Å². The van der Waals surface area contributed by atoms with E-state index in [0.717, 1.165) is 10.0 Å². The third kappa shape index (κ3) is 7.50. The summed E-state index contributed by atoms with van der Waals surface area (Å²) in [6.07, 6.45) is -0.264. The standard InChI is InChI=1S/C21H21BrN2O5/c1-13-10-16(22)6-7-18(13)24-20(27)12-29-21(28)9-8-19(26)23-17-5-3-4-15(11-17)14(2)25/h3-7,10-11H,8-9,12H2,1-2H3,(H,23,26)(H,24,27). The average molecular weight is 461 g/mol. The number of Topliss-reactive ketones (excluding diaryl/α,β-unsaturated/α-hetero) is 1. The molecule has 0 aliphatic rings. The first-order chi connectivity index (χ1) is 13.7. The third-order valence-electron chi connectivity index (χ3n) is 3.94. The Balaban J connectivity index is 1.73. The second-order valence-corrected chi connectivity index (χ2v) is 7.27. The zero-order chi connectivity index (χ0) is 21.4. The molecular formula is C21H21BrN2O5. The zero-order valence-electron chi connectivity index (χ0n) is 16.1. The molecule has 0 saturated carbocycles. The maximum absolute atomic E-state index is 12.0. The van der Waals surface area contributed by atoms with Gasteiger partial charge in [-0.25, -0.2) is 0 Å². The summed E-state index contributed by atoms with van der Waals surface area (Å²) in [4.78, 5) is 47.0. The van der Waals surface area contributed by atoms with Crippen LogP contribution in [0.4, 0.5) is 11.4 Å². The number of nitrogens with one attached hydrogen (secondary N) is 2. The Hall–Kier alpha value is -3.00. The molecule has 0 atom stereocenters. The van der Waals surface area contributed by atoms with Crippen molar-refractivity contribution in [2.24, 2.45) is 0 Å². The van der Waals surface area contributed by atoms with Crippen molar-refractivity contribution in [1.82, 2.24) is 0 Å². The van der Waals surface area contributed by atoms with Gasteiger partial charge >= 0.3 is 5.97 Å². The van der Waals surface area contributed by atoms with Crippen LogP contribution in [0.1, 0.15) is 35.7 Å².